The van der Waals surface area contributed by atoms with Gasteiger partial charge in [-0.2, -0.15) is 0 Å². The van der Waals surface area contributed by atoms with E-state index in [2.05, 4.69) is 26.2 Å². The number of hydrogen-bond donors (Lipinski definition) is 1. The highest BCUT2D eigenvalue weighted by Gasteiger charge is 2.53. The summed E-state index contributed by atoms with van der Waals surface area (Å²) >= 11 is 4.80. The number of benzene rings is 1. The first-order valence-corrected chi connectivity index (χ1v) is 14.9. The Morgan fingerprint density at radius 2 is 2.02 bits per heavy atom. The van der Waals surface area contributed by atoms with Crippen LogP contribution < -0.4 is 5.32 Å². The van der Waals surface area contributed by atoms with E-state index < -0.39 is 29.5 Å². The molecule has 4 heterocycles. The summed E-state index contributed by atoms with van der Waals surface area (Å²) in [6.45, 7) is 8.64. The van der Waals surface area contributed by atoms with Crippen LogP contribution in [0.25, 0.3) is 0 Å². The van der Waals surface area contributed by atoms with Crippen molar-refractivity contribution >= 4 is 51.1 Å². The Balaban J connectivity index is 1.45. The average molecular weight is 649 g/mol. The summed E-state index contributed by atoms with van der Waals surface area (Å²) in [5, 5.41) is 5.66. The number of esters is 1. The van der Waals surface area contributed by atoms with Gasteiger partial charge < -0.3 is 24.6 Å². The maximum absolute atomic E-state index is 14.0. The monoisotopic (exact) mass is 647 g/mol. The maximum Gasteiger partial charge on any atom is 0.410 e. The quantitative estimate of drug-likeness (QED) is 0.462. The molecule has 1 spiro atoms. The van der Waals surface area contributed by atoms with Crippen LogP contribution in [0.3, 0.4) is 0 Å². The van der Waals surface area contributed by atoms with E-state index >= 15 is 0 Å². The Bertz CT molecular complexity index is 1430. The summed E-state index contributed by atoms with van der Waals surface area (Å²) in [6.07, 6.45) is 1.54. The van der Waals surface area contributed by atoms with Crippen LogP contribution in [0.1, 0.15) is 50.7 Å². The van der Waals surface area contributed by atoms with Crippen molar-refractivity contribution in [3.05, 3.63) is 61.9 Å². The number of aliphatic imine (C=N–C) groups is 1. The number of nitrogens with zero attached hydrogens (tertiary/aromatic N) is 4. The molecule has 2 fully saturated rings. The standard InChI is InChI=1S/C28H31BrFN5O5S/c1-5-39-25(37)21-19(12-34-13-28(11-20(34)36)14-35(15-28)26(38)40-27(2,3)4)32-23(24-31-8-9-41-24)33-22(21)17-7-6-16(30)10-18(17)29/h6-10,22H,5,11-15H2,1-4H3,(H,32,33). The zero-order valence-electron chi connectivity index (χ0n) is 23.2. The molecular weight excluding hydrogens is 617 g/mol. The minimum absolute atomic E-state index is 0.0795. The van der Waals surface area contributed by atoms with Gasteiger partial charge in [0.05, 0.1) is 18.7 Å². The number of carbonyl (C=O) groups excluding carboxylic acids is 3. The lowest BCUT2D eigenvalue weighted by atomic mass is 9.79. The van der Waals surface area contributed by atoms with Crippen LogP contribution in [0.15, 0.2) is 50.5 Å². The number of amidine groups is 1. The van der Waals surface area contributed by atoms with Gasteiger partial charge in [-0.15, -0.1) is 11.3 Å². The third-order valence-electron chi connectivity index (χ3n) is 6.97. The lowest BCUT2D eigenvalue weighted by molar-refractivity contribution is -0.139. The molecular formula is C28H31BrFN5O5S. The predicted molar refractivity (Wildman–Crippen MR) is 154 cm³/mol. The fraction of sp³-hybridized carbons (Fsp3) is 0.464. The minimum atomic E-state index is -0.836. The largest absolute Gasteiger partial charge is 0.463 e. The van der Waals surface area contributed by atoms with Gasteiger partial charge in [-0.05, 0) is 45.4 Å². The van der Waals surface area contributed by atoms with E-state index in [4.69, 9.17) is 14.5 Å². The number of aromatic nitrogens is 1. The van der Waals surface area contributed by atoms with E-state index in [0.717, 1.165) is 0 Å². The first-order chi connectivity index (χ1) is 19.4. The van der Waals surface area contributed by atoms with Crippen molar-refractivity contribution in [3.63, 3.8) is 0 Å². The fourth-order valence-corrected chi connectivity index (χ4v) is 6.47. The second-order valence-corrected chi connectivity index (χ2v) is 13.1. The van der Waals surface area contributed by atoms with Gasteiger partial charge in [0.1, 0.15) is 17.5 Å². The number of nitrogens with one attached hydrogen (secondary N) is 1. The first kappa shape index (κ1) is 29.2. The van der Waals surface area contributed by atoms with Crippen molar-refractivity contribution in [2.45, 2.75) is 45.8 Å². The third-order valence-corrected chi connectivity index (χ3v) is 8.44. The van der Waals surface area contributed by atoms with Crippen molar-refractivity contribution < 1.29 is 28.2 Å². The van der Waals surface area contributed by atoms with E-state index in [1.807, 2.05) is 26.2 Å². The first-order valence-electron chi connectivity index (χ1n) is 13.2. The molecule has 5 rings (SSSR count). The number of amides is 2. The van der Waals surface area contributed by atoms with Gasteiger partial charge in [0.2, 0.25) is 5.91 Å². The lowest BCUT2D eigenvalue weighted by Crippen LogP contribution is -2.60. The van der Waals surface area contributed by atoms with Gasteiger partial charge in [-0.25, -0.2) is 19.0 Å². The third kappa shape index (κ3) is 6.15. The lowest BCUT2D eigenvalue weighted by Gasteiger charge is -2.47. The van der Waals surface area contributed by atoms with Crippen molar-refractivity contribution in [1.82, 2.24) is 20.1 Å². The molecule has 1 aromatic carbocycles. The molecule has 0 saturated carbocycles. The Hall–Kier alpha value is -3.32. The molecule has 218 valence electrons. The van der Waals surface area contributed by atoms with Crippen molar-refractivity contribution in [3.8, 4) is 0 Å². The molecule has 0 radical (unpaired) electrons. The molecule has 2 amide bonds. The highest BCUT2D eigenvalue weighted by molar-refractivity contribution is 9.10. The van der Waals surface area contributed by atoms with Crippen molar-refractivity contribution in [2.75, 3.05) is 32.8 Å². The van der Waals surface area contributed by atoms with E-state index in [0.29, 0.717) is 46.2 Å². The molecule has 41 heavy (non-hydrogen) atoms. The zero-order valence-corrected chi connectivity index (χ0v) is 25.6. The van der Waals surface area contributed by atoms with Gasteiger partial charge in [-0.3, -0.25) is 9.79 Å². The molecule has 10 nitrogen and oxygen atoms in total. The topological polar surface area (TPSA) is 113 Å². The average Bonchev–Trinajstić information content (AvgIpc) is 3.50. The zero-order chi connectivity index (χ0) is 29.5. The maximum atomic E-state index is 14.0. The molecule has 0 bridgehead atoms. The summed E-state index contributed by atoms with van der Waals surface area (Å²) in [7, 11) is 0. The van der Waals surface area contributed by atoms with Gasteiger partial charge in [0, 0.05) is 53.2 Å². The Labute approximate surface area is 249 Å². The fourth-order valence-electron chi connectivity index (χ4n) is 5.31. The Kier molecular flexibility index (Phi) is 7.94. The number of halogens is 2. The summed E-state index contributed by atoms with van der Waals surface area (Å²) in [4.78, 5) is 51.6. The highest BCUT2D eigenvalue weighted by atomic mass is 79.9. The number of likely N-dealkylation sites (tertiary alicyclic amines) is 2. The van der Waals surface area contributed by atoms with Crippen LogP contribution in [-0.2, 0) is 19.1 Å². The summed E-state index contributed by atoms with van der Waals surface area (Å²) < 4.78 is 25.3. The molecule has 1 N–H and O–H groups in total. The minimum Gasteiger partial charge on any atom is -0.463 e. The summed E-state index contributed by atoms with van der Waals surface area (Å²) in [5.41, 5.74) is 0.278. The second kappa shape index (κ2) is 11.2. The smallest absolute Gasteiger partial charge is 0.410 e. The van der Waals surface area contributed by atoms with E-state index in [1.54, 1.807) is 29.0 Å². The van der Waals surface area contributed by atoms with Crippen LogP contribution >= 0.6 is 27.3 Å². The predicted octanol–water partition coefficient (Wildman–Crippen LogP) is 4.42. The summed E-state index contributed by atoms with van der Waals surface area (Å²) in [5.74, 6) is -0.664. The molecule has 1 atom stereocenters. The Morgan fingerprint density at radius 3 is 2.66 bits per heavy atom. The van der Waals surface area contributed by atoms with Crippen LogP contribution in [0.4, 0.5) is 9.18 Å². The van der Waals surface area contributed by atoms with Crippen LogP contribution in [0.2, 0.25) is 0 Å². The second-order valence-electron chi connectivity index (χ2n) is 11.4. The van der Waals surface area contributed by atoms with Gasteiger partial charge in [0.15, 0.2) is 10.8 Å². The van der Waals surface area contributed by atoms with Gasteiger partial charge in [0.25, 0.3) is 0 Å². The molecule has 0 aliphatic carbocycles. The van der Waals surface area contributed by atoms with Crippen LogP contribution in [0.5, 0.6) is 0 Å². The normalized spacial score (nSPS) is 20.1. The van der Waals surface area contributed by atoms with E-state index in [-0.39, 0.29) is 36.5 Å². The molecule has 1 unspecified atom stereocenters. The number of carbonyl (C=O) groups is 3. The molecule has 1 aromatic heterocycles. The SMILES string of the molecule is CCOC(=O)C1=C(CN2CC3(CC2=O)CN(C(=O)OC(C)(C)C)C3)NC(c2nccs2)=NC1c1ccc(F)cc1Br. The molecule has 3 aliphatic heterocycles. The number of hydrogen-bond acceptors (Lipinski definition) is 9. The Morgan fingerprint density at radius 1 is 1.27 bits per heavy atom. The van der Waals surface area contributed by atoms with E-state index in [1.165, 1.54) is 23.5 Å². The number of thiazole rings is 1. The van der Waals surface area contributed by atoms with Crippen molar-refractivity contribution in [2.24, 2.45) is 10.4 Å². The molecule has 2 aromatic rings. The van der Waals surface area contributed by atoms with Crippen LogP contribution in [0, 0.1) is 11.2 Å². The van der Waals surface area contributed by atoms with Gasteiger partial charge >= 0.3 is 12.1 Å². The molecule has 3 aliphatic rings. The van der Waals surface area contributed by atoms with Gasteiger partial charge in [-0.1, -0.05) is 22.0 Å². The van der Waals surface area contributed by atoms with Crippen LogP contribution in [-0.4, -0.2) is 77.0 Å². The highest BCUT2D eigenvalue weighted by Crippen LogP contribution is 2.42. The van der Waals surface area contributed by atoms with E-state index in [9.17, 15) is 18.8 Å². The summed E-state index contributed by atoms with van der Waals surface area (Å²) in [6, 6.07) is 3.37. The number of rotatable bonds is 6. The number of ether oxygens (including phenoxy) is 2. The molecule has 13 heteroatoms. The van der Waals surface area contributed by atoms with Crippen molar-refractivity contribution in [1.29, 1.82) is 0 Å². The molecule has 2 saturated heterocycles.